The van der Waals surface area contributed by atoms with E-state index >= 15 is 0 Å². The topological polar surface area (TPSA) is 72.2 Å². The lowest BCUT2D eigenvalue weighted by molar-refractivity contribution is 0.389. The molecule has 0 aliphatic carbocycles. The molecule has 4 nitrogen and oxygen atoms in total. The van der Waals surface area contributed by atoms with E-state index < -0.39 is 15.6 Å². The van der Waals surface area contributed by atoms with E-state index in [0.717, 1.165) is 24.0 Å². The normalized spacial score (nSPS) is 12.7. The summed E-state index contributed by atoms with van der Waals surface area (Å²) in [5.74, 6) is 0. The van der Waals surface area contributed by atoms with Crippen LogP contribution < -0.4 is 10.5 Å². The van der Waals surface area contributed by atoms with Gasteiger partial charge in [0.2, 0.25) is 10.0 Å². The van der Waals surface area contributed by atoms with Crippen molar-refractivity contribution in [3.05, 3.63) is 23.3 Å². The molecule has 0 radical (unpaired) electrons. The van der Waals surface area contributed by atoms with Crippen LogP contribution in [0.15, 0.2) is 17.0 Å². The highest BCUT2D eigenvalue weighted by molar-refractivity contribution is 7.89. The van der Waals surface area contributed by atoms with Crippen molar-refractivity contribution in [3.8, 4) is 0 Å². The Morgan fingerprint density at radius 2 is 1.63 bits per heavy atom. The summed E-state index contributed by atoms with van der Waals surface area (Å²) in [6.45, 7) is 9.64. The number of hydrogen-bond donors (Lipinski definition) is 2. The van der Waals surface area contributed by atoms with Gasteiger partial charge in [-0.15, -0.1) is 0 Å². The number of sulfonamides is 1. The largest absolute Gasteiger partial charge is 0.398 e. The molecule has 0 aromatic heterocycles. The monoisotopic (exact) mass is 284 g/mol. The van der Waals surface area contributed by atoms with Crippen molar-refractivity contribution in [2.45, 2.75) is 57.9 Å². The standard InChI is InChI=1S/C14H24N2O2S/c1-6-14(5,7-2)16-19(17,18)13-9-11(4)10(3)8-12(13)15/h8-9,16H,6-7,15H2,1-5H3. The summed E-state index contributed by atoms with van der Waals surface area (Å²) in [4.78, 5) is 0.170. The molecular weight excluding hydrogens is 260 g/mol. The number of nitrogens with one attached hydrogen (secondary N) is 1. The van der Waals surface area contributed by atoms with E-state index in [1.54, 1.807) is 12.1 Å². The summed E-state index contributed by atoms with van der Waals surface area (Å²) < 4.78 is 27.7. The van der Waals surface area contributed by atoms with Crippen LogP contribution in [-0.4, -0.2) is 14.0 Å². The van der Waals surface area contributed by atoms with Gasteiger partial charge in [0, 0.05) is 5.54 Å². The Morgan fingerprint density at radius 3 is 2.11 bits per heavy atom. The van der Waals surface area contributed by atoms with Crippen LogP contribution in [-0.2, 0) is 10.0 Å². The zero-order valence-electron chi connectivity index (χ0n) is 12.4. The highest BCUT2D eigenvalue weighted by Gasteiger charge is 2.28. The zero-order chi connectivity index (χ0) is 14.8. The SMILES string of the molecule is CCC(C)(CC)NS(=O)(=O)c1cc(C)c(C)cc1N. The first-order chi connectivity index (χ1) is 8.65. The van der Waals surface area contributed by atoms with Crippen molar-refractivity contribution < 1.29 is 8.42 Å². The fraction of sp³-hybridized carbons (Fsp3) is 0.571. The molecule has 0 fully saturated rings. The Morgan fingerprint density at radius 1 is 1.16 bits per heavy atom. The van der Waals surface area contributed by atoms with Gasteiger partial charge in [-0.05, 0) is 56.9 Å². The fourth-order valence-electron chi connectivity index (χ4n) is 1.82. The second-order valence-corrected chi connectivity index (χ2v) is 7.00. The minimum Gasteiger partial charge on any atom is -0.398 e. The van der Waals surface area contributed by atoms with Crippen molar-refractivity contribution in [1.29, 1.82) is 0 Å². The summed E-state index contributed by atoms with van der Waals surface area (Å²) in [5.41, 5.74) is 7.63. The molecule has 0 aliphatic heterocycles. The van der Waals surface area contributed by atoms with Gasteiger partial charge in [-0.25, -0.2) is 13.1 Å². The van der Waals surface area contributed by atoms with Gasteiger partial charge in [0.25, 0.3) is 0 Å². The Bertz CT molecular complexity index is 561. The summed E-state index contributed by atoms with van der Waals surface area (Å²) >= 11 is 0. The molecule has 0 amide bonds. The molecule has 1 rings (SSSR count). The second-order valence-electron chi connectivity index (χ2n) is 5.35. The second kappa shape index (κ2) is 5.51. The van der Waals surface area contributed by atoms with Gasteiger partial charge in [-0.3, -0.25) is 0 Å². The molecule has 3 N–H and O–H groups in total. The Balaban J connectivity index is 3.25. The molecule has 1 aromatic rings. The number of rotatable bonds is 5. The van der Waals surface area contributed by atoms with Crippen molar-refractivity contribution in [3.63, 3.8) is 0 Å². The maximum Gasteiger partial charge on any atom is 0.243 e. The Labute approximate surface area is 116 Å². The van der Waals surface area contributed by atoms with Crippen molar-refractivity contribution in [1.82, 2.24) is 4.72 Å². The minimum absolute atomic E-state index is 0.170. The van der Waals surface area contributed by atoms with E-state index in [9.17, 15) is 8.42 Å². The lowest BCUT2D eigenvalue weighted by atomic mass is 9.98. The number of nitrogen functional groups attached to an aromatic ring is 1. The first-order valence-electron chi connectivity index (χ1n) is 6.56. The number of benzene rings is 1. The van der Waals surface area contributed by atoms with Gasteiger partial charge in [-0.2, -0.15) is 0 Å². The van der Waals surface area contributed by atoms with E-state index in [-0.39, 0.29) is 4.90 Å². The summed E-state index contributed by atoms with van der Waals surface area (Å²) in [6, 6.07) is 3.35. The Kier molecular flexibility index (Phi) is 4.63. The maximum absolute atomic E-state index is 12.5. The zero-order valence-corrected chi connectivity index (χ0v) is 13.2. The number of anilines is 1. The van der Waals surface area contributed by atoms with Gasteiger partial charge in [-0.1, -0.05) is 13.8 Å². The molecule has 5 heteroatoms. The van der Waals surface area contributed by atoms with Crippen LogP contribution in [0.3, 0.4) is 0 Å². The smallest absolute Gasteiger partial charge is 0.243 e. The third-order valence-electron chi connectivity index (χ3n) is 3.86. The number of aryl methyl sites for hydroxylation is 2. The van der Waals surface area contributed by atoms with Crippen molar-refractivity contribution in [2.24, 2.45) is 0 Å². The molecule has 0 bridgehead atoms. The van der Waals surface area contributed by atoms with Gasteiger partial charge in [0.15, 0.2) is 0 Å². The van der Waals surface area contributed by atoms with Gasteiger partial charge in [0.1, 0.15) is 4.90 Å². The lowest BCUT2D eigenvalue weighted by Crippen LogP contribution is -2.45. The average molecular weight is 284 g/mol. The molecule has 108 valence electrons. The highest BCUT2D eigenvalue weighted by atomic mass is 32.2. The third kappa shape index (κ3) is 3.48. The van der Waals surface area contributed by atoms with Crippen LogP contribution >= 0.6 is 0 Å². The van der Waals surface area contributed by atoms with Crippen LogP contribution in [0.25, 0.3) is 0 Å². The van der Waals surface area contributed by atoms with Gasteiger partial charge >= 0.3 is 0 Å². The van der Waals surface area contributed by atoms with E-state index in [0.29, 0.717) is 5.69 Å². The van der Waals surface area contributed by atoms with Crippen LogP contribution in [0.5, 0.6) is 0 Å². The number of hydrogen-bond acceptors (Lipinski definition) is 3. The van der Waals surface area contributed by atoms with E-state index in [2.05, 4.69) is 4.72 Å². The Hall–Kier alpha value is -1.07. The molecule has 0 saturated heterocycles. The predicted octanol–water partition coefficient (Wildman–Crippen LogP) is 2.74. The van der Waals surface area contributed by atoms with Gasteiger partial charge < -0.3 is 5.73 Å². The molecule has 0 spiro atoms. The van der Waals surface area contributed by atoms with Crippen molar-refractivity contribution >= 4 is 15.7 Å². The van der Waals surface area contributed by atoms with Crippen LogP contribution in [0.4, 0.5) is 5.69 Å². The summed E-state index contributed by atoms with van der Waals surface area (Å²) in [7, 11) is -3.59. The molecule has 1 aromatic carbocycles. The summed E-state index contributed by atoms with van der Waals surface area (Å²) in [5, 5.41) is 0. The van der Waals surface area contributed by atoms with Gasteiger partial charge in [0.05, 0.1) is 5.69 Å². The molecule has 19 heavy (non-hydrogen) atoms. The van der Waals surface area contributed by atoms with Crippen LogP contribution in [0.1, 0.15) is 44.7 Å². The molecule has 0 atom stereocenters. The molecule has 0 aliphatic rings. The third-order valence-corrected chi connectivity index (χ3v) is 5.55. The van der Waals surface area contributed by atoms with Crippen molar-refractivity contribution in [2.75, 3.05) is 5.73 Å². The molecule has 0 heterocycles. The minimum atomic E-state index is -3.59. The highest BCUT2D eigenvalue weighted by Crippen LogP contribution is 2.25. The summed E-state index contributed by atoms with van der Waals surface area (Å²) in [6.07, 6.45) is 1.46. The quantitative estimate of drug-likeness (QED) is 0.817. The van der Waals surface area contributed by atoms with E-state index in [4.69, 9.17) is 5.73 Å². The maximum atomic E-state index is 12.5. The lowest BCUT2D eigenvalue weighted by Gasteiger charge is -2.28. The predicted molar refractivity (Wildman–Crippen MR) is 79.6 cm³/mol. The first-order valence-corrected chi connectivity index (χ1v) is 8.04. The average Bonchev–Trinajstić information content (AvgIpc) is 2.33. The van der Waals surface area contributed by atoms with Crippen LogP contribution in [0, 0.1) is 13.8 Å². The molecule has 0 unspecified atom stereocenters. The van der Waals surface area contributed by atoms with Crippen LogP contribution in [0.2, 0.25) is 0 Å². The number of nitrogens with two attached hydrogens (primary N) is 1. The van der Waals surface area contributed by atoms with E-state index in [1.165, 1.54) is 0 Å². The molecular formula is C14H24N2O2S. The molecule has 0 saturated carbocycles. The fourth-order valence-corrected chi connectivity index (χ4v) is 3.57. The van der Waals surface area contributed by atoms with E-state index in [1.807, 2.05) is 34.6 Å². The first kappa shape index (κ1) is 16.0.